The van der Waals surface area contributed by atoms with Crippen LogP contribution >= 0.6 is 0 Å². The lowest BCUT2D eigenvalue weighted by atomic mass is 9.84. The molecule has 1 aliphatic rings. The maximum Gasteiger partial charge on any atom is 0.224 e. The van der Waals surface area contributed by atoms with E-state index in [1.807, 2.05) is 30.3 Å². The highest BCUT2D eigenvalue weighted by atomic mass is 16.2. The minimum absolute atomic E-state index is 0.0221. The topological polar surface area (TPSA) is 29.1 Å². The van der Waals surface area contributed by atoms with Gasteiger partial charge in [0.2, 0.25) is 5.91 Å². The number of aryl methyl sites for hydroxylation is 2. The Bertz CT molecular complexity index is 910. The summed E-state index contributed by atoms with van der Waals surface area (Å²) in [6.07, 6.45) is 2.92. The maximum atomic E-state index is 13.1. The molecule has 0 aliphatic heterocycles. The van der Waals surface area contributed by atoms with Crippen molar-refractivity contribution in [3.63, 3.8) is 0 Å². The number of benzene rings is 3. The predicted octanol–water partition coefficient (Wildman–Crippen LogP) is 5.43. The summed E-state index contributed by atoms with van der Waals surface area (Å²) in [5, 5.41) is 3.16. The van der Waals surface area contributed by atoms with Gasteiger partial charge in [0.05, 0.1) is 5.92 Å². The third-order valence-electron chi connectivity index (χ3n) is 6.34. The van der Waals surface area contributed by atoms with Crippen LogP contribution in [0.5, 0.6) is 0 Å². The first kappa shape index (κ1) is 19.4. The Morgan fingerprint density at radius 3 is 1.79 bits per heavy atom. The van der Waals surface area contributed by atoms with Gasteiger partial charge in [-0.05, 0) is 47.1 Å². The van der Waals surface area contributed by atoms with E-state index in [1.165, 1.54) is 22.3 Å². The largest absolute Gasteiger partial charge is 0.352 e. The molecule has 0 radical (unpaired) electrons. The van der Waals surface area contributed by atoms with Crippen LogP contribution in [-0.4, -0.2) is 5.91 Å². The molecule has 1 aliphatic carbocycles. The summed E-state index contributed by atoms with van der Waals surface area (Å²) in [6, 6.07) is 27.8. The van der Waals surface area contributed by atoms with E-state index in [-0.39, 0.29) is 17.2 Å². The second-order valence-electron chi connectivity index (χ2n) is 8.03. The molecular formula is C27H29NO. The molecule has 3 aromatic carbocycles. The third-order valence-corrected chi connectivity index (χ3v) is 6.34. The molecule has 0 saturated heterocycles. The van der Waals surface area contributed by atoms with E-state index in [9.17, 15) is 4.79 Å². The van der Waals surface area contributed by atoms with Crippen molar-refractivity contribution in [3.05, 3.63) is 107 Å². The van der Waals surface area contributed by atoms with Crippen LogP contribution in [0.15, 0.2) is 78.9 Å². The van der Waals surface area contributed by atoms with Crippen molar-refractivity contribution < 1.29 is 4.79 Å². The minimum Gasteiger partial charge on any atom is -0.352 e. The van der Waals surface area contributed by atoms with Crippen LogP contribution in [0.1, 0.15) is 48.1 Å². The number of nitrogens with one attached hydrogen (secondary N) is 1. The highest BCUT2D eigenvalue weighted by Gasteiger charge is 2.60. The molecule has 1 N–H and O–H groups in total. The normalized spacial score (nSPS) is 17.0. The van der Waals surface area contributed by atoms with Gasteiger partial charge in [-0.15, -0.1) is 0 Å². The van der Waals surface area contributed by atoms with Crippen molar-refractivity contribution in [2.45, 2.75) is 45.1 Å². The molecule has 2 nitrogen and oxygen atoms in total. The van der Waals surface area contributed by atoms with Gasteiger partial charge in [-0.3, -0.25) is 4.79 Å². The van der Waals surface area contributed by atoms with Gasteiger partial charge in [0, 0.05) is 12.0 Å². The van der Waals surface area contributed by atoms with E-state index >= 15 is 0 Å². The molecule has 29 heavy (non-hydrogen) atoms. The Morgan fingerprint density at radius 2 is 1.31 bits per heavy atom. The van der Waals surface area contributed by atoms with Gasteiger partial charge in [0.25, 0.3) is 0 Å². The van der Waals surface area contributed by atoms with Crippen LogP contribution in [0.25, 0.3) is 0 Å². The number of hydrogen-bond acceptors (Lipinski definition) is 1. The van der Waals surface area contributed by atoms with Crippen LogP contribution in [0, 0.1) is 5.92 Å². The zero-order valence-electron chi connectivity index (χ0n) is 17.3. The molecule has 1 saturated carbocycles. The van der Waals surface area contributed by atoms with Gasteiger partial charge >= 0.3 is 0 Å². The first-order valence-electron chi connectivity index (χ1n) is 10.7. The number of hydrogen-bond donors (Lipinski definition) is 1. The molecule has 1 fully saturated rings. The van der Waals surface area contributed by atoms with Gasteiger partial charge in [-0.25, -0.2) is 0 Å². The molecule has 0 heterocycles. The van der Waals surface area contributed by atoms with Crippen LogP contribution in [0.4, 0.5) is 0 Å². The molecule has 0 unspecified atom stereocenters. The van der Waals surface area contributed by atoms with Crippen molar-refractivity contribution >= 4 is 5.91 Å². The fourth-order valence-corrected chi connectivity index (χ4v) is 4.37. The smallest absolute Gasteiger partial charge is 0.224 e. The van der Waals surface area contributed by atoms with Gasteiger partial charge in [-0.1, -0.05) is 92.7 Å². The fraction of sp³-hybridized carbons (Fsp3) is 0.296. The summed E-state index contributed by atoms with van der Waals surface area (Å²) in [7, 11) is 0. The SMILES string of the molecule is CCc1ccc(C2(c3ccc(CC)cc3)C[C@@H]2C(=O)NCc2ccccc2)cc1. The Morgan fingerprint density at radius 1 is 0.793 bits per heavy atom. The predicted molar refractivity (Wildman–Crippen MR) is 119 cm³/mol. The van der Waals surface area contributed by atoms with Crippen LogP contribution in [-0.2, 0) is 29.6 Å². The third kappa shape index (κ3) is 3.85. The Kier molecular flexibility index (Phi) is 5.53. The molecule has 0 aromatic heterocycles. The van der Waals surface area contributed by atoms with E-state index in [1.54, 1.807) is 0 Å². The summed E-state index contributed by atoms with van der Waals surface area (Å²) >= 11 is 0. The molecule has 3 aromatic rings. The van der Waals surface area contributed by atoms with Gasteiger partial charge < -0.3 is 5.32 Å². The molecule has 1 amide bonds. The summed E-state index contributed by atoms with van der Waals surface area (Å²) in [6.45, 7) is 4.92. The Labute approximate surface area is 174 Å². The van der Waals surface area contributed by atoms with E-state index < -0.39 is 0 Å². The van der Waals surface area contributed by atoms with E-state index in [0.717, 1.165) is 24.8 Å². The van der Waals surface area contributed by atoms with Crippen molar-refractivity contribution in [2.24, 2.45) is 5.92 Å². The average Bonchev–Trinajstić information content (AvgIpc) is 3.55. The van der Waals surface area contributed by atoms with Crippen molar-refractivity contribution in [1.82, 2.24) is 5.32 Å². The van der Waals surface area contributed by atoms with E-state index in [0.29, 0.717) is 6.54 Å². The monoisotopic (exact) mass is 383 g/mol. The molecule has 0 bridgehead atoms. The van der Waals surface area contributed by atoms with Gasteiger partial charge in [0.15, 0.2) is 0 Å². The summed E-state index contributed by atoms with van der Waals surface area (Å²) in [5.74, 6) is 0.124. The lowest BCUT2D eigenvalue weighted by Crippen LogP contribution is -2.28. The van der Waals surface area contributed by atoms with Gasteiger partial charge in [0.1, 0.15) is 0 Å². The lowest BCUT2D eigenvalue weighted by molar-refractivity contribution is -0.122. The quantitative estimate of drug-likeness (QED) is 0.579. The molecule has 2 heteroatoms. The second-order valence-corrected chi connectivity index (χ2v) is 8.03. The summed E-state index contributed by atoms with van der Waals surface area (Å²) in [5.41, 5.74) is 6.08. The van der Waals surface area contributed by atoms with Crippen LogP contribution in [0.3, 0.4) is 0 Å². The Hall–Kier alpha value is -2.87. The van der Waals surface area contributed by atoms with Crippen LogP contribution in [0.2, 0.25) is 0 Å². The highest BCUT2D eigenvalue weighted by molar-refractivity contribution is 5.86. The molecule has 0 spiro atoms. The van der Waals surface area contributed by atoms with Crippen LogP contribution < -0.4 is 5.32 Å². The van der Waals surface area contributed by atoms with Crippen molar-refractivity contribution in [2.75, 3.05) is 0 Å². The molecular weight excluding hydrogens is 354 g/mol. The molecule has 1 atom stereocenters. The standard InChI is InChI=1S/C27H29NO/c1-3-20-10-14-23(15-11-20)27(24-16-12-21(4-2)13-17-24)18-25(27)26(29)28-19-22-8-6-5-7-9-22/h5-17,25H,3-4,18-19H2,1-2H3,(H,28,29)/t25-/m1/s1. The Balaban J connectivity index is 1.60. The summed E-state index contributed by atoms with van der Waals surface area (Å²) < 4.78 is 0. The maximum absolute atomic E-state index is 13.1. The number of amides is 1. The first-order chi connectivity index (χ1) is 14.2. The fourth-order valence-electron chi connectivity index (χ4n) is 4.37. The summed E-state index contributed by atoms with van der Waals surface area (Å²) in [4.78, 5) is 13.1. The zero-order valence-corrected chi connectivity index (χ0v) is 17.3. The van der Waals surface area contributed by atoms with Crippen molar-refractivity contribution in [3.8, 4) is 0 Å². The highest BCUT2D eigenvalue weighted by Crippen LogP contribution is 2.59. The number of carbonyl (C=O) groups is 1. The van der Waals surface area contributed by atoms with E-state index in [4.69, 9.17) is 0 Å². The first-order valence-corrected chi connectivity index (χ1v) is 10.7. The molecule has 148 valence electrons. The number of rotatable bonds is 7. The zero-order chi connectivity index (χ0) is 20.3. The second kappa shape index (κ2) is 8.24. The number of carbonyl (C=O) groups excluding carboxylic acids is 1. The van der Waals surface area contributed by atoms with Gasteiger partial charge in [-0.2, -0.15) is 0 Å². The molecule has 4 rings (SSSR count). The minimum atomic E-state index is -0.209. The van der Waals surface area contributed by atoms with E-state index in [2.05, 4.69) is 67.7 Å². The average molecular weight is 384 g/mol. The van der Waals surface area contributed by atoms with Crippen molar-refractivity contribution in [1.29, 1.82) is 0 Å². The lowest BCUT2D eigenvalue weighted by Gasteiger charge is -2.20.